The fourth-order valence-corrected chi connectivity index (χ4v) is 4.95. The molecule has 1 aromatic carbocycles. The summed E-state index contributed by atoms with van der Waals surface area (Å²) < 4.78 is 43.7. The second-order valence-corrected chi connectivity index (χ2v) is 9.69. The molecule has 2 aliphatic rings. The summed E-state index contributed by atoms with van der Waals surface area (Å²) in [6.45, 7) is 1.93. The van der Waals surface area contributed by atoms with E-state index < -0.39 is 18.2 Å². The Morgan fingerprint density at radius 3 is 2.42 bits per heavy atom. The number of carbonyl (C=O) groups is 1. The van der Waals surface area contributed by atoms with Crippen molar-refractivity contribution in [1.82, 2.24) is 15.1 Å². The molecule has 31 heavy (non-hydrogen) atoms. The number of oxime groups is 1. The van der Waals surface area contributed by atoms with Crippen LogP contribution in [0.2, 0.25) is 10.0 Å². The number of alkyl halides is 3. The van der Waals surface area contributed by atoms with Gasteiger partial charge in [0.1, 0.15) is 17.1 Å². The number of amides is 1. The van der Waals surface area contributed by atoms with Gasteiger partial charge in [0.2, 0.25) is 0 Å². The standard InChI is InChI=1S/C19H17Cl2F3N4O2S/c1-17(8-31-9-17)25-16(29)15-6-13(26-28(15)2)14-7-18(30-27-14,19(22,23)24)10-3-11(20)5-12(21)4-10/h3-6H,7-9H2,1-2H3,(H,25,29). The number of hydrogen-bond acceptors (Lipinski definition) is 5. The van der Waals surface area contributed by atoms with Gasteiger partial charge < -0.3 is 10.2 Å². The van der Waals surface area contributed by atoms with Gasteiger partial charge >= 0.3 is 6.18 Å². The van der Waals surface area contributed by atoms with Gasteiger partial charge in [-0.15, -0.1) is 0 Å². The maximum absolute atomic E-state index is 14.1. The number of aryl methyl sites for hydroxylation is 1. The van der Waals surface area contributed by atoms with Crippen LogP contribution in [-0.2, 0) is 17.5 Å². The van der Waals surface area contributed by atoms with E-state index in [-0.39, 0.29) is 44.2 Å². The first-order chi connectivity index (χ1) is 14.4. The smallest absolute Gasteiger partial charge is 0.374 e. The summed E-state index contributed by atoms with van der Waals surface area (Å²) in [6, 6.07) is 5.03. The minimum Gasteiger partial charge on any atom is -0.374 e. The highest BCUT2D eigenvalue weighted by atomic mass is 35.5. The average Bonchev–Trinajstić information content (AvgIpc) is 3.24. The minimum absolute atomic E-state index is 0.0338. The third-order valence-electron chi connectivity index (χ3n) is 5.18. The van der Waals surface area contributed by atoms with Crippen LogP contribution >= 0.6 is 35.0 Å². The molecular weight excluding hydrogens is 476 g/mol. The number of carbonyl (C=O) groups excluding carboxylic acids is 1. The predicted molar refractivity (Wildman–Crippen MR) is 113 cm³/mol. The lowest BCUT2D eigenvalue weighted by Gasteiger charge is -2.38. The molecule has 1 atom stereocenters. The van der Waals surface area contributed by atoms with Crippen molar-refractivity contribution in [3.8, 4) is 0 Å². The van der Waals surface area contributed by atoms with Crippen molar-refractivity contribution in [3.63, 3.8) is 0 Å². The van der Waals surface area contributed by atoms with Crippen molar-refractivity contribution in [1.29, 1.82) is 0 Å². The zero-order chi connectivity index (χ0) is 22.6. The van der Waals surface area contributed by atoms with Crippen LogP contribution in [0.15, 0.2) is 29.4 Å². The van der Waals surface area contributed by atoms with Crippen molar-refractivity contribution in [3.05, 3.63) is 51.3 Å². The normalized spacial score (nSPS) is 22.5. The highest BCUT2D eigenvalue weighted by Gasteiger charge is 2.62. The molecule has 2 aromatic rings. The van der Waals surface area contributed by atoms with Gasteiger partial charge in [-0.3, -0.25) is 9.48 Å². The quantitative estimate of drug-likeness (QED) is 0.679. The number of aromatic nitrogens is 2. The fraction of sp³-hybridized carbons (Fsp3) is 0.421. The molecule has 1 unspecified atom stereocenters. The van der Waals surface area contributed by atoms with Gasteiger partial charge in [-0.05, 0) is 31.2 Å². The Hall–Kier alpha value is -1.91. The lowest BCUT2D eigenvalue weighted by molar-refractivity contribution is -0.275. The lowest BCUT2D eigenvalue weighted by atomic mass is 9.87. The minimum atomic E-state index is -4.81. The molecule has 3 heterocycles. The molecule has 0 radical (unpaired) electrons. The second kappa shape index (κ2) is 7.60. The van der Waals surface area contributed by atoms with Crippen LogP contribution in [0.3, 0.4) is 0 Å². The van der Waals surface area contributed by atoms with Crippen molar-refractivity contribution in [2.75, 3.05) is 11.5 Å². The first kappa shape index (κ1) is 22.3. The summed E-state index contributed by atoms with van der Waals surface area (Å²) in [5.41, 5.74) is -3.02. The molecule has 1 saturated heterocycles. The van der Waals surface area contributed by atoms with Crippen LogP contribution in [-0.4, -0.2) is 44.6 Å². The number of thioether (sulfide) groups is 1. The number of benzene rings is 1. The fourth-order valence-electron chi connectivity index (χ4n) is 3.47. The molecule has 4 rings (SSSR count). The molecule has 0 aliphatic carbocycles. The third-order valence-corrected chi connectivity index (χ3v) is 7.30. The molecule has 166 valence electrons. The summed E-state index contributed by atoms with van der Waals surface area (Å²) >= 11 is 13.5. The van der Waals surface area contributed by atoms with Crippen LogP contribution in [0.4, 0.5) is 13.2 Å². The van der Waals surface area contributed by atoms with Gasteiger partial charge in [-0.2, -0.15) is 30.0 Å². The molecule has 0 spiro atoms. The SMILES string of the molecule is Cn1nc(C2=NOC(c3cc(Cl)cc(Cl)c3)(C(F)(F)F)C2)cc1C(=O)NC1(C)CSC1. The molecule has 1 aromatic heterocycles. The van der Waals surface area contributed by atoms with Crippen molar-refractivity contribution in [2.45, 2.75) is 30.7 Å². The molecule has 0 bridgehead atoms. The van der Waals surface area contributed by atoms with Gasteiger partial charge in [-0.25, -0.2) is 0 Å². The Labute approximate surface area is 190 Å². The number of rotatable bonds is 4. The van der Waals surface area contributed by atoms with E-state index >= 15 is 0 Å². The number of halogens is 5. The van der Waals surface area contributed by atoms with Crippen molar-refractivity contribution >= 4 is 46.6 Å². The van der Waals surface area contributed by atoms with Gasteiger partial charge in [0.05, 0.1) is 12.0 Å². The van der Waals surface area contributed by atoms with Crippen LogP contribution in [0, 0.1) is 0 Å². The highest BCUT2D eigenvalue weighted by Crippen LogP contribution is 2.49. The number of nitrogens with one attached hydrogen (secondary N) is 1. The van der Waals surface area contributed by atoms with Crippen molar-refractivity contribution < 1.29 is 22.8 Å². The monoisotopic (exact) mass is 492 g/mol. The summed E-state index contributed by atoms with van der Waals surface area (Å²) in [5, 5.41) is 10.9. The Balaban J connectivity index is 1.63. The topological polar surface area (TPSA) is 68.5 Å². The Kier molecular flexibility index (Phi) is 5.46. The van der Waals surface area contributed by atoms with Gasteiger partial charge in [0.15, 0.2) is 0 Å². The van der Waals surface area contributed by atoms with Crippen LogP contribution in [0.5, 0.6) is 0 Å². The van der Waals surface area contributed by atoms with Gasteiger partial charge in [-0.1, -0.05) is 28.4 Å². The average molecular weight is 493 g/mol. The number of hydrogen-bond donors (Lipinski definition) is 1. The zero-order valence-electron chi connectivity index (χ0n) is 16.4. The Morgan fingerprint density at radius 1 is 1.23 bits per heavy atom. The van der Waals surface area contributed by atoms with Crippen LogP contribution in [0.25, 0.3) is 0 Å². The maximum atomic E-state index is 14.1. The summed E-state index contributed by atoms with van der Waals surface area (Å²) in [5.74, 6) is 1.23. The number of nitrogens with zero attached hydrogens (tertiary/aromatic N) is 3. The Morgan fingerprint density at radius 2 is 1.87 bits per heavy atom. The zero-order valence-corrected chi connectivity index (χ0v) is 18.7. The van der Waals surface area contributed by atoms with Crippen molar-refractivity contribution in [2.24, 2.45) is 12.2 Å². The van der Waals surface area contributed by atoms with E-state index in [9.17, 15) is 18.0 Å². The molecule has 1 N–H and O–H groups in total. The van der Waals surface area contributed by atoms with E-state index in [1.807, 2.05) is 6.92 Å². The van der Waals surface area contributed by atoms with Gasteiger partial charge in [0, 0.05) is 34.2 Å². The first-order valence-corrected chi connectivity index (χ1v) is 11.1. The van der Waals surface area contributed by atoms with E-state index in [0.29, 0.717) is 0 Å². The molecule has 1 amide bonds. The molecule has 1 fully saturated rings. The van der Waals surface area contributed by atoms with E-state index in [0.717, 1.165) is 23.6 Å². The Bertz CT molecular complexity index is 1060. The first-order valence-electron chi connectivity index (χ1n) is 9.15. The largest absolute Gasteiger partial charge is 0.435 e. The molecular formula is C19H17Cl2F3N4O2S. The highest BCUT2D eigenvalue weighted by molar-refractivity contribution is 8.00. The summed E-state index contributed by atoms with van der Waals surface area (Å²) in [7, 11) is 1.54. The molecule has 6 nitrogen and oxygen atoms in total. The van der Waals surface area contributed by atoms with E-state index in [2.05, 4.69) is 15.6 Å². The van der Waals surface area contributed by atoms with Gasteiger partial charge in [0.25, 0.3) is 11.5 Å². The summed E-state index contributed by atoms with van der Waals surface area (Å²) in [6.07, 6.45) is -5.45. The maximum Gasteiger partial charge on any atom is 0.435 e. The summed E-state index contributed by atoms with van der Waals surface area (Å²) in [4.78, 5) is 17.6. The molecule has 12 heteroatoms. The van der Waals surface area contributed by atoms with E-state index in [1.165, 1.54) is 16.8 Å². The predicted octanol–water partition coefficient (Wildman–Crippen LogP) is 4.54. The second-order valence-electron chi connectivity index (χ2n) is 7.83. The third kappa shape index (κ3) is 4.01. The van der Waals surface area contributed by atoms with E-state index in [1.54, 1.807) is 18.8 Å². The molecule has 2 aliphatic heterocycles. The van der Waals surface area contributed by atoms with Crippen LogP contribution in [0.1, 0.15) is 35.1 Å². The lowest BCUT2D eigenvalue weighted by Crippen LogP contribution is -2.55. The van der Waals surface area contributed by atoms with E-state index in [4.69, 9.17) is 28.0 Å². The van der Waals surface area contributed by atoms with Crippen LogP contribution < -0.4 is 5.32 Å². The molecule has 0 saturated carbocycles.